The lowest BCUT2D eigenvalue weighted by Crippen LogP contribution is -2.00. The van der Waals surface area contributed by atoms with Crippen molar-refractivity contribution in [3.8, 4) is 23.0 Å². The lowest BCUT2D eigenvalue weighted by molar-refractivity contribution is 0.288. The van der Waals surface area contributed by atoms with Crippen molar-refractivity contribution < 1.29 is 18.9 Å². The molecule has 0 aromatic heterocycles. The third-order valence-electron chi connectivity index (χ3n) is 4.76. The highest BCUT2D eigenvalue weighted by Gasteiger charge is 2.07. The van der Waals surface area contributed by atoms with Crippen LogP contribution in [0.3, 0.4) is 0 Å². The molecule has 0 fully saturated rings. The summed E-state index contributed by atoms with van der Waals surface area (Å²) in [6.45, 7) is 4.98. The van der Waals surface area contributed by atoms with E-state index in [1.54, 1.807) is 14.2 Å². The van der Waals surface area contributed by atoms with Crippen LogP contribution in [0.15, 0.2) is 59.7 Å². The van der Waals surface area contributed by atoms with Gasteiger partial charge in [-0.15, -0.1) is 0 Å². The maximum Gasteiger partial charge on any atom is 0.123 e. The Hall–Kier alpha value is -3.83. The highest BCUT2D eigenvalue weighted by atomic mass is 16.5. The van der Waals surface area contributed by atoms with Crippen molar-refractivity contribution in [1.29, 1.82) is 0 Å². The Bertz CT molecular complexity index is 1050. The number of methoxy groups -OCH3 is 2. The van der Waals surface area contributed by atoms with Crippen LogP contribution in [0.4, 0.5) is 0 Å². The number of rotatable bonds is 10. The van der Waals surface area contributed by atoms with E-state index < -0.39 is 0 Å². The Morgan fingerprint density at radius 2 is 1.12 bits per heavy atom. The van der Waals surface area contributed by atoms with Gasteiger partial charge in [-0.05, 0) is 83.6 Å². The molecule has 0 aliphatic heterocycles. The quantitative estimate of drug-likeness (QED) is 0.214. The minimum absolute atomic E-state index is 0.209. The summed E-state index contributed by atoms with van der Waals surface area (Å²) >= 11 is 0. The normalized spacial score (nSPS) is 10.2. The summed E-state index contributed by atoms with van der Waals surface area (Å²) in [6.07, 6.45) is 0. The molecule has 0 saturated heterocycles. The maximum atomic E-state index is 8.69. The highest BCUT2D eigenvalue weighted by Crippen LogP contribution is 2.27. The van der Waals surface area contributed by atoms with Crippen LogP contribution in [-0.2, 0) is 19.8 Å². The van der Waals surface area contributed by atoms with Crippen molar-refractivity contribution >= 4 is 0 Å². The fraction of sp³-hybridized carbons (Fsp3) is 0.280. The van der Waals surface area contributed by atoms with Crippen molar-refractivity contribution in [2.24, 2.45) is 5.11 Å². The largest absolute Gasteiger partial charge is 0.497 e. The minimum Gasteiger partial charge on any atom is -0.497 e. The van der Waals surface area contributed by atoms with Crippen LogP contribution in [0.5, 0.6) is 23.0 Å². The highest BCUT2D eigenvalue weighted by molar-refractivity contribution is 5.40. The van der Waals surface area contributed by atoms with E-state index >= 15 is 0 Å². The van der Waals surface area contributed by atoms with E-state index in [1.165, 1.54) is 0 Å². The molecule has 0 aliphatic rings. The van der Waals surface area contributed by atoms with Gasteiger partial charge >= 0.3 is 0 Å². The number of benzene rings is 3. The van der Waals surface area contributed by atoms with Crippen molar-refractivity contribution in [3.05, 3.63) is 92.9 Å². The fourth-order valence-electron chi connectivity index (χ4n) is 3.39. The summed E-state index contributed by atoms with van der Waals surface area (Å²) in [5.41, 5.74) is 13.7. The van der Waals surface area contributed by atoms with Crippen molar-refractivity contribution in [2.45, 2.75) is 33.6 Å². The summed E-state index contributed by atoms with van der Waals surface area (Å²) in [7, 11) is 3.29. The molecule has 3 rings (SSSR count). The Morgan fingerprint density at radius 3 is 1.56 bits per heavy atom. The van der Waals surface area contributed by atoms with Crippen LogP contribution in [-0.4, -0.2) is 14.2 Å². The summed E-state index contributed by atoms with van der Waals surface area (Å²) in [5.74, 6) is 2.84. The molecule has 3 aromatic carbocycles. The molecule has 0 spiro atoms. The predicted octanol–water partition coefficient (Wildman–Crippen LogP) is 6.29. The third kappa shape index (κ3) is 6.59. The van der Waals surface area contributed by atoms with Gasteiger partial charge in [0, 0.05) is 11.0 Å². The molecule has 0 amide bonds. The minimum atomic E-state index is 0.209. The number of ether oxygens (including phenoxy) is 4. The fourth-order valence-corrected chi connectivity index (χ4v) is 3.39. The van der Waals surface area contributed by atoms with Gasteiger partial charge in [0.15, 0.2) is 0 Å². The van der Waals surface area contributed by atoms with Crippen molar-refractivity contribution in [1.82, 2.24) is 0 Å². The molecule has 0 unspecified atom stereocenters. The summed E-state index contributed by atoms with van der Waals surface area (Å²) in [6, 6.07) is 17.5. The Labute approximate surface area is 188 Å². The van der Waals surface area contributed by atoms with Gasteiger partial charge in [-0.2, -0.15) is 0 Å². The molecule has 32 heavy (non-hydrogen) atoms. The summed E-state index contributed by atoms with van der Waals surface area (Å²) < 4.78 is 22.7. The molecule has 0 N–H and O–H groups in total. The van der Waals surface area contributed by atoms with E-state index in [4.69, 9.17) is 24.5 Å². The molecule has 0 bridgehead atoms. The molecule has 0 atom stereocenters. The van der Waals surface area contributed by atoms with E-state index in [1.807, 2.05) is 56.3 Å². The zero-order valence-electron chi connectivity index (χ0n) is 18.8. The predicted molar refractivity (Wildman–Crippen MR) is 123 cm³/mol. The van der Waals surface area contributed by atoms with Gasteiger partial charge in [-0.3, -0.25) is 0 Å². The van der Waals surface area contributed by atoms with Crippen molar-refractivity contribution in [3.63, 3.8) is 0 Å². The van der Waals surface area contributed by atoms with Gasteiger partial charge in [0.05, 0.1) is 20.8 Å². The first-order valence-corrected chi connectivity index (χ1v) is 10.2. The Morgan fingerprint density at radius 1 is 0.656 bits per heavy atom. The molecule has 0 radical (unpaired) electrons. The third-order valence-corrected chi connectivity index (χ3v) is 4.76. The van der Waals surface area contributed by atoms with Gasteiger partial charge < -0.3 is 18.9 Å². The topological polar surface area (TPSA) is 85.7 Å². The van der Waals surface area contributed by atoms with Crippen LogP contribution in [0.1, 0.15) is 27.8 Å². The monoisotopic (exact) mass is 433 g/mol. The van der Waals surface area contributed by atoms with Crippen LogP contribution >= 0.6 is 0 Å². The van der Waals surface area contributed by atoms with Gasteiger partial charge in [-0.25, -0.2) is 0 Å². The van der Waals surface area contributed by atoms with Crippen LogP contribution in [0, 0.1) is 13.8 Å². The second-order valence-electron chi connectivity index (χ2n) is 7.50. The number of hydrogen-bond acceptors (Lipinski definition) is 5. The first-order chi connectivity index (χ1) is 15.5. The number of nitrogens with zero attached hydrogens (tertiary/aromatic N) is 3. The number of hydrogen-bond donors (Lipinski definition) is 0. The molecule has 0 aliphatic carbocycles. The Kier molecular flexibility index (Phi) is 7.84. The molecule has 7 heteroatoms. The van der Waals surface area contributed by atoms with E-state index in [0.717, 1.165) is 39.3 Å². The first kappa shape index (κ1) is 22.8. The van der Waals surface area contributed by atoms with Crippen LogP contribution < -0.4 is 18.9 Å². The molecule has 0 heterocycles. The van der Waals surface area contributed by atoms with Gasteiger partial charge in [0.2, 0.25) is 0 Å². The van der Waals surface area contributed by atoms with Crippen LogP contribution in [0.2, 0.25) is 0 Å². The first-order valence-electron chi connectivity index (χ1n) is 10.2. The number of azide groups is 1. The lowest BCUT2D eigenvalue weighted by atomic mass is 10.1. The molecule has 166 valence electrons. The number of aryl methyl sites for hydroxylation is 2. The zero-order valence-corrected chi connectivity index (χ0v) is 18.8. The molecule has 0 saturated carbocycles. The Balaban J connectivity index is 1.77. The van der Waals surface area contributed by atoms with E-state index in [-0.39, 0.29) is 6.54 Å². The van der Waals surface area contributed by atoms with Gasteiger partial charge in [0.1, 0.15) is 36.2 Å². The van der Waals surface area contributed by atoms with Crippen LogP contribution in [0.25, 0.3) is 10.4 Å². The maximum absolute atomic E-state index is 8.69. The zero-order chi connectivity index (χ0) is 22.9. The summed E-state index contributed by atoms with van der Waals surface area (Å²) in [5, 5.41) is 3.67. The van der Waals surface area contributed by atoms with Crippen molar-refractivity contribution in [2.75, 3.05) is 14.2 Å². The van der Waals surface area contributed by atoms with E-state index in [0.29, 0.717) is 24.7 Å². The van der Waals surface area contributed by atoms with E-state index in [9.17, 15) is 0 Å². The molecular formula is C25H27N3O4. The average molecular weight is 434 g/mol. The molecule has 3 aromatic rings. The second-order valence-corrected chi connectivity index (χ2v) is 7.50. The van der Waals surface area contributed by atoms with E-state index in [2.05, 4.69) is 22.2 Å². The second kappa shape index (κ2) is 11.0. The molecule has 7 nitrogen and oxygen atoms in total. The smallest absolute Gasteiger partial charge is 0.123 e. The SMILES string of the molecule is COc1cc(C)cc(COc2cc(CN=[N+]=[N-])cc(OCc3cc(C)cc(OC)c3)c2)c1. The standard InChI is InChI=1S/C25H27N3O4/c1-17-5-20(11-22(7-17)29-3)15-31-24-9-19(14-27-28-26)10-25(13-24)32-16-21-6-18(2)8-23(12-21)30-4/h5-13H,14-16H2,1-4H3. The van der Waals surface area contributed by atoms with Gasteiger partial charge in [-0.1, -0.05) is 17.2 Å². The van der Waals surface area contributed by atoms with Gasteiger partial charge in [0.25, 0.3) is 0 Å². The lowest BCUT2D eigenvalue weighted by Gasteiger charge is -2.13. The summed E-state index contributed by atoms with van der Waals surface area (Å²) in [4.78, 5) is 2.85. The molecular weight excluding hydrogens is 406 g/mol. The average Bonchev–Trinajstić information content (AvgIpc) is 2.79.